The molecule has 2 N–H and O–H groups in total. The molecule has 0 amide bonds. The van der Waals surface area contributed by atoms with Crippen LogP contribution >= 0.6 is 11.3 Å². The Morgan fingerprint density at radius 3 is 2.31 bits per heavy atom. The van der Waals surface area contributed by atoms with Gasteiger partial charge in [-0.25, -0.2) is 40.6 Å². The number of hydrogen-bond acceptors (Lipinski definition) is 11. The van der Waals surface area contributed by atoms with Crippen LogP contribution in [0.3, 0.4) is 0 Å². The van der Waals surface area contributed by atoms with E-state index in [1.54, 1.807) is 6.07 Å². The van der Waals surface area contributed by atoms with Gasteiger partial charge < -0.3 is 15.1 Å². The summed E-state index contributed by atoms with van der Waals surface area (Å²) >= 11 is 1.25. The molecule has 0 radical (unpaired) electrons. The van der Waals surface area contributed by atoms with E-state index >= 15 is 4.39 Å². The summed E-state index contributed by atoms with van der Waals surface area (Å²) in [5, 5.41) is 3.81. The van der Waals surface area contributed by atoms with Gasteiger partial charge in [-0.05, 0) is 64.1 Å². The Labute approximate surface area is 301 Å². The van der Waals surface area contributed by atoms with Crippen molar-refractivity contribution in [3.05, 3.63) is 65.9 Å². The maximum atomic E-state index is 16.5. The topological polar surface area (TPSA) is 137 Å². The van der Waals surface area contributed by atoms with Gasteiger partial charge in [-0.2, -0.15) is 13.2 Å². The first kappa shape index (κ1) is 36.4. The van der Waals surface area contributed by atoms with Crippen molar-refractivity contribution in [3.63, 3.8) is 0 Å². The molecule has 1 spiro atoms. The van der Waals surface area contributed by atoms with Crippen molar-refractivity contribution in [2.45, 2.75) is 55.9 Å². The van der Waals surface area contributed by atoms with Crippen molar-refractivity contribution in [2.24, 2.45) is 5.41 Å². The molecule has 2 aliphatic heterocycles. The first-order valence-corrected chi connectivity index (χ1v) is 20.4. The summed E-state index contributed by atoms with van der Waals surface area (Å²) in [5.74, 6) is -2.19. The molecule has 2 saturated heterocycles. The SMILES string of the molecule is C[C@H]1CN(C)C[C@H](C)N1c1nc(-c2cccc(NS(=O)(=O)c3c(F)cccc3C(F)(F)F)c2F)c(-c2ccnc(NC3CC4(C3)CS(=O)(=O)C4)n2)s1. The van der Waals surface area contributed by atoms with Gasteiger partial charge in [-0.3, -0.25) is 4.72 Å². The molecule has 0 bridgehead atoms. The number of aromatic nitrogens is 3. The van der Waals surface area contributed by atoms with E-state index in [4.69, 9.17) is 9.97 Å². The van der Waals surface area contributed by atoms with E-state index in [0.29, 0.717) is 40.7 Å². The Hall–Kier alpha value is -3.94. The lowest BCUT2D eigenvalue weighted by Crippen LogP contribution is -2.60. The number of anilines is 3. The highest BCUT2D eigenvalue weighted by atomic mass is 32.2. The quantitative estimate of drug-likeness (QED) is 0.209. The first-order chi connectivity index (χ1) is 24.3. The Morgan fingerprint density at radius 1 is 0.981 bits per heavy atom. The van der Waals surface area contributed by atoms with Gasteiger partial charge in [0, 0.05) is 48.4 Å². The molecule has 4 aromatic rings. The monoisotopic (exact) mass is 783 g/mol. The zero-order chi connectivity index (χ0) is 37.4. The summed E-state index contributed by atoms with van der Waals surface area (Å²) in [6.07, 6.45) is -2.38. The predicted molar refractivity (Wildman–Crippen MR) is 187 cm³/mol. The molecule has 3 aliphatic rings. The van der Waals surface area contributed by atoms with Crippen LogP contribution in [0.4, 0.5) is 38.7 Å². The summed E-state index contributed by atoms with van der Waals surface area (Å²) in [5.41, 5.74) is -2.35. The van der Waals surface area contributed by atoms with Crippen LogP contribution in [0, 0.1) is 17.0 Å². The minimum absolute atomic E-state index is 0.0103. The highest BCUT2D eigenvalue weighted by molar-refractivity contribution is 7.93. The second-order valence-electron chi connectivity index (χ2n) is 13.9. The fourth-order valence-corrected chi connectivity index (χ4v) is 12.5. The number of alkyl halides is 3. The van der Waals surface area contributed by atoms with Gasteiger partial charge in [0.15, 0.2) is 20.8 Å². The maximum absolute atomic E-state index is 16.5. The average molecular weight is 784 g/mol. The van der Waals surface area contributed by atoms with Gasteiger partial charge >= 0.3 is 6.18 Å². The van der Waals surface area contributed by atoms with Crippen LogP contribution in [0.1, 0.15) is 32.3 Å². The lowest BCUT2D eigenvalue weighted by molar-refractivity contribution is -0.140. The number of hydrogen-bond donors (Lipinski definition) is 2. The molecular formula is C33H34F5N7O4S3. The van der Waals surface area contributed by atoms with E-state index in [0.717, 1.165) is 25.2 Å². The maximum Gasteiger partial charge on any atom is 0.417 e. The van der Waals surface area contributed by atoms with Crippen LogP contribution in [0.15, 0.2) is 53.6 Å². The van der Waals surface area contributed by atoms with Gasteiger partial charge in [-0.1, -0.05) is 23.5 Å². The number of sulfonamides is 1. The Bertz CT molecular complexity index is 2240. The van der Waals surface area contributed by atoms with Crippen LogP contribution in [-0.4, -0.2) is 86.5 Å². The minimum Gasteiger partial charge on any atom is -0.351 e. The van der Waals surface area contributed by atoms with Crippen LogP contribution in [0.2, 0.25) is 0 Å². The van der Waals surface area contributed by atoms with E-state index in [2.05, 4.69) is 20.1 Å². The molecule has 0 unspecified atom stereocenters. The fraction of sp³-hybridized carbons (Fsp3) is 0.424. The summed E-state index contributed by atoms with van der Waals surface area (Å²) in [6, 6.07) is 7.03. The van der Waals surface area contributed by atoms with Crippen LogP contribution in [-0.2, 0) is 26.0 Å². The van der Waals surface area contributed by atoms with E-state index in [1.807, 2.05) is 25.6 Å². The van der Waals surface area contributed by atoms with E-state index in [-0.39, 0.29) is 52.3 Å². The molecule has 4 heterocycles. The number of benzene rings is 2. The molecule has 2 aromatic heterocycles. The summed E-state index contributed by atoms with van der Waals surface area (Å²) < 4.78 is 124. The second-order valence-corrected chi connectivity index (χ2v) is 18.6. The van der Waals surface area contributed by atoms with Gasteiger partial charge in [-0.15, -0.1) is 0 Å². The molecule has 2 aromatic carbocycles. The minimum atomic E-state index is -5.28. The Morgan fingerprint density at radius 2 is 1.65 bits per heavy atom. The zero-order valence-corrected chi connectivity index (χ0v) is 30.5. The average Bonchev–Trinajstić information content (AvgIpc) is 3.44. The first-order valence-electron chi connectivity index (χ1n) is 16.3. The molecule has 19 heteroatoms. The third-order valence-electron chi connectivity index (χ3n) is 9.61. The number of nitrogens with zero attached hydrogens (tertiary/aromatic N) is 5. The number of likely N-dealkylation sites (N-methyl/N-ethyl adjacent to an activating group) is 1. The largest absolute Gasteiger partial charge is 0.417 e. The molecule has 11 nitrogen and oxygen atoms in total. The number of halogens is 5. The van der Waals surface area contributed by atoms with E-state index < -0.39 is 53.8 Å². The molecule has 2 atom stereocenters. The molecule has 52 heavy (non-hydrogen) atoms. The number of thiazole rings is 1. The smallest absolute Gasteiger partial charge is 0.351 e. The standard InChI is InChI=1S/C33H34F5N7O4S3/c1-18-14-44(3)15-19(2)45(18)31-42-27(28(50-31)25-10-11-39-30(41-25)40-20-12-32(13-20)16-51(46,47)17-32)21-6-4-9-24(26(21)35)43-52(48,49)29-22(33(36,37)38)7-5-8-23(29)34/h4-11,18-20,43H,12-17H2,1-3H3,(H,39,40,41)/t18-,19-/m0/s1. The van der Waals surface area contributed by atoms with Gasteiger partial charge in [0.25, 0.3) is 10.0 Å². The molecule has 278 valence electrons. The normalized spacial score (nSPS) is 21.8. The lowest BCUT2D eigenvalue weighted by Gasteiger charge is -2.53. The molecule has 7 rings (SSSR count). The third-order valence-corrected chi connectivity index (χ3v) is 14.2. The van der Waals surface area contributed by atoms with Crippen LogP contribution in [0.25, 0.3) is 21.8 Å². The molecule has 1 saturated carbocycles. The summed E-state index contributed by atoms with van der Waals surface area (Å²) in [7, 11) is -6.25. The van der Waals surface area contributed by atoms with Crippen molar-refractivity contribution < 1.29 is 38.8 Å². The summed E-state index contributed by atoms with van der Waals surface area (Å²) in [4.78, 5) is 16.9. The van der Waals surface area contributed by atoms with Gasteiger partial charge in [0.1, 0.15) is 10.7 Å². The van der Waals surface area contributed by atoms with Crippen molar-refractivity contribution in [2.75, 3.05) is 46.6 Å². The van der Waals surface area contributed by atoms with Crippen molar-refractivity contribution in [1.29, 1.82) is 0 Å². The van der Waals surface area contributed by atoms with Crippen LogP contribution < -0.4 is 14.9 Å². The third kappa shape index (κ3) is 6.82. The number of nitrogens with one attached hydrogen (secondary N) is 2. The molecule has 1 aliphatic carbocycles. The highest BCUT2D eigenvalue weighted by Gasteiger charge is 2.56. The lowest BCUT2D eigenvalue weighted by atomic mass is 9.67. The molecular weight excluding hydrogens is 750 g/mol. The van der Waals surface area contributed by atoms with Gasteiger partial charge in [0.05, 0.1) is 39.0 Å². The second kappa shape index (κ2) is 12.9. The Balaban J connectivity index is 1.26. The summed E-state index contributed by atoms with van der Waals surface area (Å²) in [6.45, 7) is 5.52. The van der Waals surface area contributed by atoms with Crippen molar-refractivity contribution >= 4 is 48.0 Å². The van der Waals surface area contributed by atoms with Gasteiger partial charge in [0.2, 0.25) is 5.95 Å². The number of piperazine rings is 1. The number of sulfone groups is 1. The van der Waals surface area contributed by atoms with Crippen molar-refractivity contribution in [3.8, 4) is 21.8 Å². The van der Waals surface area contributed by atoms with E-state index in [1.165, 1.54) is 29.7 Å². The molecule has 3 fully saturated rings. The van der Waals surface area contributed by atoms with Crippen molar-refractivity contribution in [1.82, 2.24) is 19.9 Å². The van der Waals surface area contributed by atoms with Crippen LogP contribution in [0.5, 0.6) is 0 Å². The number of rotatable bonds is 8. The Kier molecular flexibility index (Phi) is 9.02. The fourth-order valence-electron chi connectivity index (χ4n) is 7.69. The predicted octanol–water partition coefficient (Wildman–Crippen LogP) is 5.88. The zero-order valence-electron chi connectivity index (χ0n) is 28.1. The van der Waals surface area contributed by atoms with E-state index in [9.17, 15) is 34.4 Å². The highest BCUT2D eigenvalue weighted by Crippen LogP contribution is 2.51.